The van der Waals surface area contributed by atoms with E-state index in [-0.39, 0.29) is 5.75 Å². The SMILES string of the molecule is CCCCC(CC)CNC(=O)CS(=O)(=O)Cc1ccc(Cl)cc1. The Kier molecular flexibility index (Phi) is 8.63. The first-order chi connectivity index (χ1) is 10.9. The molecule has 0 saturated heterocycles. The van der Waals surface area contributed by atoms with Crippen LogP contribution in [-0.4, -0.2) is 26.6 Å². The normalized spacial score (nSPS) is 12.8. The number of nitrogens with one attached hydrogen (secondary N) is 1. The van der Waals surface area contributed by atoms with E-state index < -0.39 is 21.5 Å². The van der Waals surface area contributed by atoms with Crippen LogP contribution in [0.15, 0.2) is 24.3 Å². The lowest BCUT2D eigenvalue weighted by atomic mass is 9.99. The lowest BCUT2D eigenvalue weighted by Crippen LogP contribution is -2.34. The molecule has 0 saturated carbocycles. The summed E-state index contributed by atoms with van der Waals surface area (Å²) in [5.41, 5.74) is 0.636. The average molecular weight is 360 g/mol. The fourth-order valence-corrected chi connectivity index (χ4v) is 3.77. The number of halogens is 1. The summed E-state index contributed by atoms with van der Waals surface area (Å²) in [6, 6.07) is 6.61. The summed E-state index contributed by atoms with van der Waals surface area (Å²) in [4.78, 5) is 11.9. The molecule has 0 radical (unpaired) electrons. The molecule has 0 aliphatic heterocycles. The molecule has 1 N–H and O–H groups in total. The second-order valence-electron chi connectivity index (χ2n) is 5.88. The van der Waals surface area contributed by atoms with Crippen LogP contribution in [0.1, 0.15) is 45.1 Å². The fraction of sp³-hybridized carbons (Fsp3) is 0.588. The minimum atomic E-state index is -3.47. The molecular formula is C17H26ClNO3S. The summed E-state index contributed by atoms with van der Waals surface area (Å²) in [7, 11) is -3.47. The molecule has 4 nitrogen and oxygen atoms in total. The van der Waals surface area contributed by atoms with Gasteiger partial charge in [0, 0.05) is 11.6 Å². The van der Waals surface area contributed by atoms with E-state index in [1.165, 1.54) is 0 Å². The topological polar surface area (TPSA) is 63.2 Å². The molecule has 1 aromatic carbocycles. The van der Waals surface area contributed by atoms with E-state index in [0.29, 0.717) is 23.0 Å². The largest absolute Gasteiger partial charge is 0.355 e. The van der Waals surface area contributed by atoms with Gasteiger partial charge in [0.15, 0.2) is 9.84 Å². The predicted molar refractivity (Wildman–Crippen MR) is 95.3 cm³/mol. The van der Waals surface area contributed by atoms with Gasteiger partial charge in [-0.25, -0.2) is 8.42 Å². The summed E-state index contributed by atoms with van der Waals surface area (Å²) in [6.07, 6.45) is 4.30. The zero-order chi connectivity index (χ0) is 17.3. The zero-order valence-corrected chi connectivity index (χ0v) is 15.4. The number of rotatable bonds is 10. The molecule has 0 aromatic heterocycles. The van der Waals surface area contributed by atoms with Crippen molar-refractivity contribution < 1.29 is 13.2 Å². The number of carbonyl (C=O) groups is 1. The highest BCUT2D eigenvalue weighted by atomic mass is 35.5. The van der Waals surface area contributed by atoms with Gasteiger partial charge < -0.3 is 5.32 Å². The number of hydrogen-bond donors (Lipinski definition) is 1. The molecule has 0 fully saturated rings. The third kappa shape index (κ3) is 8.37. The van der Waals surface area contributed by atoms with Crippen LogP contribution in [0, 0.1) is 5.92 Å². The van der Waals surface area contributed by atoms with Gasteiger partial charge in [-0.3, -0.25) is 4.79 Å². The van der Waals surface area contributed by atoms with Crippen molar-refractivity contribution in [2.45, 2.75) is 45.3 Å². The Morgan fingerprint density at radius 1 is 1.22 bits per heavy atom. The van der Waals surface area contributed by atoms with Crippen LogP contribution in [0.25, 0.3) is 0 Å². The van der Waals surface area contributed by atoms with Gasteiger partial charge >= 0.3 is 0 Å². The molecule has 0 spiro atoms. The monoisotopic (exact) mass is 359 g/mol. The summed E-state index contributed by atoms with van der Waals surface area (Å²) in [5.74, 6) is -0.628. The molecular weight excluding hydrogens is 334 g/mol. The smallest absolute Gasteiger partial charge is 0.235 e. The van der Waals surface area contributed by atoms with Crippen molar-refractivity contribution in [1.29, 1.82) is 0 Å². The highest BCUT2D eigenvalue weighted by Gasteiger charge is 2.18. The Balaban J connectivity index is 2.46. The quantitative estimate of drug-likeness (QED) is 0.694. The number of unbranched alkanes of at least 4 members (excludes halogenated alkanes) is 1. The molecule has 6 heteroatoms. The van der Waals surface area contributed by atoms with Gasteiger partial charge in [-0.05, 0) is 30.0 Å². The molecule has 1 unspecified atom stereocenters. The average Bonchev–Trinajstić information content (AvgIpc) is 2.49. The maximum atomic E-state index is 12.1. The van der Waals surface area contributed by atoms with Crippen LogP contribution in [0.2, 0.25) is 5.02 Å². The molecule has 1 rings (SSSR count). The Morgan fingerprint density at radius 3 is 2.43 bits per heavy atom. The van der Waals surface area contributed by atoms with Crippen LogP contribution in [-0.2, 0) is 20.4 Å². The first-order valence-corrected chi connectivity index (χ1v) is 10.3. The Morgan fingerprint density at radius 2 is 1.87 bits per heavy atom. The van der Waals surface area contributed by atoms with Crippen molar-refractivity contribution in [3.8, 4) is 0 Å². The second kappa shape index (κ2) is 9.93. The van der Waals surface area contributed by atoms with Gasteiger partial charge in [0.1, 0.15) is 5.75 Å². The number of amides is 1. The van der Waals surface area contributed by atoms with Gasteiger partial charge in [0.25, 0.3) is 0 Å². The van der Waals surface area contributed by atoms with Gasteiger partial charge in [0.2, 0.25) is 5.91 Å². The van der Waals surface area contributed by atoms with E-state index in [9.17, 15) is 13.2 Å². The van der Waals surface area contributed by atoms with E-state index in [2.05, 4.69) is 19.2 Å². The highest BCUT2D eigenvalue weighted by Crippen LogP contribution is 2.13. The Labute approximate surface area is 144 Å². The summed E-state index contributed by atoms with van der Waals surface area (Å²) in [6.45, 7) is 4.77. The maximum absolute atomic E-state index is 12.1. The summed E-state index contributed by atoms with van der Waals surface area (Å²) >= 11 is 5.77. The van der Waals surface area contributed by atoms with Gasteiger partial charge in [-0.2, -0.15) is 0 Å². The highest BCUT2D eigenvalue weighted by molar-refractivity contribution is 7.91. The van der Waals surface area contributed by atoms with Crippen LogP contribution >= 0.6 is 11.6 Å². The summed E-state index contributed by atoms with van der Waals surface area (Å²) in [5, 5.41) is 3.31. The third-order valence-electron chi connectivity index (χ3n) is 3.78. The van der Waals surface area contributed by atoms with Crippen LogP contribution in [0.5, 0.6) is 0 Å². The van der Waals surface area contributed by atoms with E-state index in [0.717, 1.165) is 25.7 Å². The maximum Gasteiger partial charge on any atom is 0.235 e. The van der Waals surface area contributed by atoms with Crippen LogP contribution in [0.4, 0.5) is 0 Å². The number of hydrogen-bond acceptors (Lipinski definition) is 3. The van der Waals surface area contributed by atoms with Gasteiger partial charge in [0.05, 0.1) is 5.75 Å². The summed E-state index contributed by atoms with van der Waals surface area (Å²) < 4.78 is 24.2. The molecule has 1 amide bonds. The Bertz CT molecular complexity index is 584. The second-order valence-corrected chi connectivity index (χ2v) is 8.38. The van der Waals surface area contributed by atoms with Crippen LogP contribution in [0.3, 0.4) is 0 Å². The molecule has 23 heavy (non-hydrogen) atoms. The van der Waals surface area contributed by atoms with E-state index in [4.69, 9.17) is 11.6 Å². The lowest BCUT2D eigenvalue weighted by Gasteiger charge is -2.15. The third-order valence-corrected chi connectivity index (χ3v) is 5.51. The van der Waals surface area contributed by atoms with Gasteiger partial charge in [-0.15, -0.1) is 0 Å². The number of sulfone groups is 1. The fourth-order valence-electron chi connectivity index (χ4n) is 2.34. The van der Waals surface area contributed by atoms with E-state index in [1.54, 1.807) is 24.3 Å². The molecule has 0 aliphatic rings. The van der Waals surface area contributed by atoms with Crippen LogP contribution < -0.4 is 5.32 Å². The molecule has 0 aliphatic carbocycles. The van der Waals surface area contributed by atoms with Crippen molar-refractivity contribution >= 4 is 27.3 Å². The first kappa shape index (κ1) is 20.0. The lowest BCUT2D eigenvalue weighted by molar-refractivity contribution is -0.118. The minimum absolute atomic E-state index is 0.148. The van der Waals surface area contributed by atoms with E-state index in [1.807, 2.05) is 0 Å². The molecule has 1 atom stereocenters. The Hall–Kier alpha value is -1.07. The number of carbonyl (C=O) groups excluding carboxylic acids is 1. The molecule has 0 bridgehead atoms. The first-order valence-electron chi connectivity index (χ1n) is 8.07. The van der Waals surface area contributed by atoms with Crippen molar-refractivity contribution in [1.82, 2.24) is 5.32 Å². The van der Waals surface area contributed by atoms with Crippen molar-refractivity contribution in [3.63, 3.8) is 0 Å². The van der Waals surface area contributed by atoms with Crippen molar-refractivity contribution in [2.24, 2.45) is 5.92 Å². The van der Waals surface area contributed by atoms with Crippen molar-refractivity contribution in [2.75, 3.05) is 12.3 Å². The molecule has 0 heterocycles. The van der Waals surface area contributed by atoms with Gasteiger partial charge in [-0.1, -0.05) is 56.8 Å². The predicted octanol–water partition coefficient (Wildman–Crippen LogP) is 3.59. The van der Waals surface area contributed by atoms with E-state index >= 15 is 0 Å². The minimum Gasteiger partial charge on any atom is -0.355 e. The number of benzene rings is 1. The standard InChI is InChI=1S/C17H26ClNO3S/c1-3-5-6-14(4-2)11-19-17(20)13-23(21,22)12-15-7-9-16(18)10-8-15/h7-10,14H,3-6,11-13H2,1-2H3,(H,19,20). The molecule has 1 aromatic rings. The zero-order valence-electron chi connectivity index (χ0n) is 13.8. The molecule has 130 valence electrons. The van der Waals surface area contributed by atoms with Crippen molar-refractivity contribution in [3.05, 3.63) is 34.9 Å².